The minimum atomic E-state index is -0.248. The van der Waals surface area contributed by atoms with E-state index < -0.39 is 0 Å². The maximum Gasteiger partial charge on any atom is 0.272 e. The van der Waals surface area contributed by atoms with Crippen LogP contribution in [0.5, 0.6) is 0 Å². The molecular formula is C14H21N5O2. The molecule has 1 amide bonds. The molecule has 0 unspecified atom stereocenters. The summed E-state index contributed by atoms with van der Waals surface area (Å²) < 4.78 is 5.30. The van der Waals surface area contributed by atoms with Crippen LogP contribution in [-0.2, 0) is 4.74 Å². The fraction of sp³-hybridized carbons (Fsp3) is 0.500. The average molecular weight is 291 g/mol. The molecule has 1 aliphatic heterocycles. The molecule has 1 aromatic rings. The van der Waals surface area contributed by atoms with Gasteiger partial charge < -0.3 is 15.4 Å². The molecule has 0 bridgehead atoms. The third-order valence-corrected chi connectivity index (χ3v) is 3.14. The standard InChI is InChI=1S/C14H21N5O2/c1-2-5-16-14(20)12-3-4-13(18-17-12)15-6-7-19-8-10-21-11-9-19/h2-4H,1,5-11H2,(H,15,18)(H,16,20). The summed E-state index contributed by atoms with van der Waals surface area (Å²) in [6, 6.07) is 3.41. The molecule has 0 atom stereocenters. The molecule has 2 N–H and O–H groups in total. The molecule has 0 aliphatic carbocycles. The minimum absolute atomic E-state index is 0.248. The largest absolute Gasteiger partial charge is 0.379 e. The molecule has 7 heteroatoms. The van der Waals surface area contributed by atoms with E-state index in [-0.39, 0.29) is 5.91 Å². The Morgan fingerprint density at radius 2 is 2.19 bits per heavy atom. The maximum absolute atomic E-state index is 11.6. The van der Waals surface area contributed by atoms with Gasteiger partial charge >= 0.3 is 0 Å². The van der Waals surface area contributed by atoms with Crippen LogP contribution in [0.15, 0.2) is 24.8 Å². The Morgan fingerprint density at radius 3 is 2.86 bits per heavy atom. The van der Waals surface area contributed by atoms with Gasteiger partial charge in [-0.05, 0) is 12.1 Å². The summed E-state index contributed by atoms with van der Waals surface area (Å²) in [5.41, 5.74) is 0.301. The topological polar surface area (TPSA) is 79.4 Å². The van der Waals surface area contributed by atoms with Gasteiger partial charge in [0.15, 0.2) is 5.69 Å². The normalized spacial score (nSPS) is 15.4. The van der Waals surface area contributed by atoms with Gasteiger partial charge in [-0.2, -0.15) is 0 Å². The molecule has 0 radical (unpaired) electrons. The highest BCUT2D eigenvalue weighted by atomic mass is 16.5. The van der Waals surface area contributed by atoms with Gasteiger partial charge in [0, 0.05) is 32.7 Å². The van der Waals surface area contributed by atoms with Gasteiger partial charge in [0.25, 0.3) is 5.91 Å². The van der Waals surface area contributed by atoms with E-state index in [9.17, 15) is 4.79 Å². The number of ether oxygens (including phenoxy) is 1. The first kappa shape index (κ1) is 15.4. The van der Waals surface area contributed by atoms with Crippen molar-refractivity contribution in [2.24, 2.45) is 0 Å². The Balaban J connectivity index is 1.74. The Morgan fingerprint density at radius 1 is 1.38 bits per heavy atom. The summed E-state index contributed by atoms with van der Waals surface area (Å²) in [6.45, 7) is 9.22. The predicted molar refractivity (Wildman–Crippen MR) is 80.3 cm³/mol. The van der Waals surface area contributed by atoms with Gasteiger partial charge in [0.2, 0.25) is 0 Å². The molecule has 0 spiro atoms. The summed E-state index contributed by atoms with van der Waals surface area (Å²) >= 11 is 0. The monoisotopic (exact) mass is 291 g/mol. The number of carbonyl (C=O) groups is 1. The second-order valence-electron chi connectivity index (χ2n) is 4.68. The SMILES string of the molecule is C=CCNC(=O)c1ccc(NCCN2CCOCC2)nn1. The zero-order valence-electron chi connectivity index (χ0n) is 12.0. The van der Waals surface area contributed by atoms with E-state index in [0.29, 0.717) is 18.1 Å². The number of morpholine rings is 1. The smallest absolute Gasteiger partial charge is 0.272 e. The van der Waals surface area contributed by atoms with Crippen molar-refractivity contribution < 1.29 is 9.53 Å². The maximum atomic E-state index is 11.6. The van der Waals surface area contributed by atoms with Gasteiger partial charge in [0.05, 0.1) is 13.2 Å². The number of hydrogen-bond donors (Lipinski definition) is 2. The number of anilines is 1. The van der Waals surface area contributed by atoms with Crippen molar-refractivity contribution in [3.05, 3.63) is 30.5 Å². The number of nitrogens with zero attached hydrogens (tertiary/aromatic N) is 3. The molecule has 1 fully saturated rings. The van der Waals surface area contributed by atoms with Crippen molar-refractivity contribution in [2.75, 3.05) is 51.3 Å². The molecule has 21 heavy (non-hydrogen) atoms. The van der Waals surface area contributed by atoms with Crippen molar-refractivity contribution in [3.8, 4) is 0 Å². The van der Waals surface area contributed by atoms with Crippen LogP contribution < -0.4 is 10.6 Å². The Kier molecular flexibility index (Phi) is 6.11. The molecule has 114 valence electrons. The zero-order chi connectivity index (χ0) is 14.9. The molecule has 2 heterocycles. The van der Waals surface area contributed by atoms with Gasteiger partial charge in [0.1, 0.15) is 5.82 Å². The minimum Gasteiger partial charge on any atom is -0.379 e. The third kappa shape index (κ3) is 5.13. The molecule has 0 aromatic carbocycles. The molecule has 2 rings (SSSR count). The lowest BCUT2D eigenvalue weighted by atomic mass is 10.3. The van der Waals surface area contributed by atoms with Gasteiger partial charge in [-0.1, -0.05) is 6.08 Å². The van der Waals surface area contributed by atoms with E-state index >= 15 is 0 Å². The summed E-state index contributed by atoms with van der Waals surface area (Å²) in [5, 5.41) is 13.8. The average Bonchev–Trinajstić information content (AvgIpc) is 2.54. The first-order valence-corrected chi connectivity index (χ1v) is 7.06. The summed E-state index contributed by atoms with van der Waals surface area (Å²) in [5.74, 6) is 0.422. The van der Waals surface area contributed by atoms with E-state index in [4.69, 9.17) is 4.74 Å². The highest BCUT2D eigenvalue weighted by Crippen LogP contribution is 2.02. The quantitative estimate of drug-likeness (QED) is 0.696. The number of hydrogen-bond acceptors (Lipinski definition) is 6. The highest BCUT2D eigenvalue weighted by molar-refractivity contribution is 5.92. The number of amides is 1. The molecule has 1 saturated heterocycles. The second-order valence-corrected chi connectivity index (χ2v) is 4.68. The number of aromatic nitrogens is 2. The van der Waals surface area contributed by atoms with Crippen molar-refractivity contribution in [1.82, 2.24) is 20.4 Å². The molecule has 0 saturated carbocycles. The number of nitrogens with one attached hydrogen (secondary N) is 2. The fourth-order valence-electron chi connectivity index (χ4n) is 1.97. The first-order valence-electron chi connectivity index (χ1n) is 7.06. The number of rotatable bonds is 7. The van der Waals surface area contributed by atoms with Crippen LogP contribution in [0.2, 0.25) is 0 Å². The Hall–Kier alpha value is -1.99. The molecule has 1 aromatic heterocycles. The van der Waals surface area contributed by atoms with Crippen LogP contribution in [-0.4, -0.2) is 66.9 Å². The lowest BCUT2D eigenvalue weighted by Crippen LogP contribution is -2.39. The Labute approximate surface area is 124 Å². The van der Waals surface area contributed by atoms with Crippen molar-refractivity contribution in [1.29, 1.82) is 0 Å². The van der Waals surface area contributed by atoms with E-state index in [2.05, 4.69) is 32.3 Å². The van der Waals surface area contributed by atoms with E-state index in [1.54, 1.807) is 18.2 Å². The third-order valence-electron chi connectivity index (χ3n) is 3.14. The van der Waals surface area contributed by atoms with Crippen LogP contribution in [0.25, 0.3) is 0 Å². The van der Waals surface area contributed by atoms with Gasteiger partial charge in [-0.25, -0.2) is 0 Å². The highest BCUT2D eigenvalue weighted by Gasteiger charge is 2.10. The van der Waals surface area contributed by atoms with Crippen LogP contribution in [0.3, 0.4) is 0 Å². The predicted octanol–water partition coefficient (Wildman–Crippen LogP) is 0.137. The van der Waals surface area contributed by atoms with Gasteiger partial charge in [-0.3, -0.25) is 9.69 Å². The zero-order valence-corrected chi connectivity index (χ0v) is 12.0. The van der Waals surface area contributed by atoms with Crippen LogP contribution in [0.1, 0.15) is 10.5 Å². The molecule has 1 aliphatic rings. The van der Waals surface area contributed by atoms with Crippen molar-refractivity contribution in [2.45, 2.75) is 0 Å². The van der Waals surface area contributed by atoms with E-state index in [1.165, 1.54) is 0 Å². The van der Waals surface area contributed by atoms with Crippen molar-refractivity contribution in [3.63, 3.8) is 0 Å². The lowest BCUT2D eigenvalue weighted by molar-refractivity contribution is 0.0398. The Bertz CT molecular complexity index is 457. The van der Waals surface area contributed by atoms with Crippen LogP contribution in [0, 0.1) is 0 Å². The van der Waals surface area contributed by atoms with E-state index in [1.807, 2.05) is 0 Å². The van der Waals surface area contributed by atoms with Crippen molar-refractivity contribution >= 4 is 11.7 Å². The molecular weight excluding hydrogens is 270 g/mol. The van der Waals surface area contributed by atoms with Crippen LogP contribution >= 0.6 is 0 Å². The summed E-state index contributed by atoms with van der Waals surface area (Å²) in [4.78, 5) is 14.0. The summed E-state index contributed by atoms with van der Waals surface area (Å²) in [6.07, 6.45) is 1.62. The summed E-state index contributed by atoms with van der Waals surface area (Å²) in [7, 11) is 0. The fourth-order valence-corrected chi connectivity index (χ4v) is 1.97. The van der Waals surface area contributed by atoms with E-state index in [0.717, 1.165) is 39.4 Å². The lowest BCUT2D eigenvalue weighted by Gasteiger charge is -2.26. The second kappa shape index (κ2) is 8.33. The molecule has 7 nitrogen and oxygen atoms in total. The number of carbonyl (C=O) groups excluding carboxylic acids is 1. The van der Waals surface area contributed by atoms with Gasteiger partial charge in [-0.15, -0.1) is 16.8 Å². The van der Waals surface area contributed by atoms with Crippen LogP contribution in [0.4, 0.5) is 5.82 Å². The first-order chi connectivity index (χ1) is 10.3.